The molecule has 0 atom stereocenters. The van der Waals surface area contributed by atoms with E-state index < -0.39 is 9.07 Å². The summed E-state index contributed by atoms with van der Waals surface area (Å²) in [6, 6.07) is 75.1. The minimum atomic E-state index is -3.99. The highest BCUT2D eigenvalue weighted by atomic mass is 32.3. The molecule has 4 heteroatoms. The second-order valence-corrected chi connectivity index (χ2v) is 20.3. The Balaban J connectivity index is 1.13. The van der Waals surface area contributed by atoms with Gasteiger partial charge in [-0.1, -0.05) is 152 Å². The Morgan fingerprint density at radius 1 is 0.387 bits per heavy atom. The molecule has 10 aromatic carbocycles. The molecule has 2 aromatic heterocycles. The molecule has 0 saturated heterocycles. The summed E-state index contributed by atoms with van der Waals surface area (Å²) in [5, 5.41) is 6.74. The Bertz CT molecular complexity index is 3950. The van der Waals surface area contributed by atoms with Gasteiger partial charge in [-0.25, -0.2) is 0 Å². The van der Waals surface area contributed by atoms with Crippen LogP contribution >= 0.6 is 0 Å². The van der Waals surface area contributed by atoms with Crippen molar-refractivity contribution in [2.45, 2.75) is 19.6 Å². The molecule has 14 rings (SSSR count). The maximum Gasteiger partial charge on any atom is 0.144 e. The van der Waals surface area contributed by atoms with Gasteiger partial charge in [0.1, 0.15) is 11.2 Å². The minimum absolute atomic E-state index is 0.857. The van der Waals surface area contributed by atoms with Crippen LogP contribution in [-0.4, -0.2) is 8.78 Å². The summed E-state index contributed by atoms with van der Waals surface area (Å²) in [7, 11) is -3.99. The fourth-order valence-corrected chi connectivity index (χ4v) is 16.4. The molecule has 0 aliphatic carbocycles. The molecule has 0 unspecified atom stereocenters. The minimum Gasteiger partial charge on any atom is -0.455 e. The Hall–Kier alpha value is -7.79. The van der Waals surface area contributed by atoms with Gasteiger partial charge in [0, 0.05) is 61.4 Å². The molecule has 0 amide bonds. The number of rotatable bonds is 3. The summed E-state index contributed by atoms with van der Waals surface area (Å²) >= 11 is 0. The van der Waals surface area contributed by atoms with Crippen LogP contribution in [0.1, 0.15) is 0 Å². The van der Waals surface area contributed by atoms with Gasteiger partial charge in [-0.3, -0.25) is 4.21 Å². The number of hydrogen-bond acceptors (Lipinski definition) is 2. The quantitative estimate of drug-likeness (QED) is 0.178. The van der Waals surface area contributed by atoms with Gasteiger partial charge in [-0.15, -0.1) is 0 Å². The van der Waals surface area contributed by atoms with E-state index in [9.17, 15) is 0 Å². The van der Waals surface area contributed by atoms with E-state index in [2.05, 4.69) is 193 Å². The zero-order valence-electron chi connectivity index (χ0n) is 33.4. The van der Waals surface area contributed by atoms with Gasteiger partial charge in [0.15, 0.2) is 0 Å². The predicted molar refractivity (Wildman–Crippen MR) is 255 cm³/mol. The van der Waals surface area contributed by atoms with Crippen molar-refractivity contribution in [3.05, 3.63) is 212 Å². The van der Waals surface area contributed by atoms with Gasteiger partial charge in [0.2, 0.25) is 0 Å². The average molecular weight is 810 g/mol. The summed E-state index contributed by atoms with van der Waals surface area (Å²) < 4.78 is 26.7. The van der Waals surface area contributed by atoms with Crippen molar-refractivity contribution in [2.75, 3.05) is 0 Å². The van der Waals surface area contributed by atoms with Crippen LogP contribution in [0.4, 0.5) is 0 Å². The lowest BCUT2D eigenvalue weighted by Gasteiger charge is -2.38. The van der Waals surface area contributed by atoms with Crippen LogP contribution < -0.4 is 0 Å². The average Bonchev–Trinajstić information content (AvgIpc) is 4.02. The number of aromatic nitrogens is 1. The number of nitrogens with zero attached hydrogens (tertiary/aromatic N) is 1. The highest BCUT2D eigenvalue weighted by molar-refractivity contribution is 8.21. The van der Waals surface area contributed by atoms with Crippen LogP contribution in [0.25, 0.3) is 105 Å². The molecule has 1 spiro atoms. The van der Waals surface area contributed by atoms with Crippen molar-refractivity contribution in [1.82, 2.24) is 4.57 Å². The van der Waals surface area contributed by atoms with Crippen molar-refractivity contribution >= 4 is 63.6 Å². The van der Waals surface area contributed by atoms with Gasteiger partial charge in [-0.05, 0) is 110 Å². The highest BCUT2D eigenvalue weighted by Crippen LogP contribution is 2.71. The molecule has 0 N–H and O–H groups in total. The fourth-order valence-electron chi connectivity index (χ4n) is 11.2. The number of fused-ring (bicyclic) bond motifs is 17. The summed E-state index contributed by atoms with van der Waals surface area (Å²) in [4.78, 5) is 3.54. The molecule has 0 radical (unpaired) electrons. The van der Waals surface area contributed by atoms with E-state index in [4.69, 9.17) is 4.42 Å². The molecule has 4 heterocycles. The molecular weight excluding hydrogens is 775 g/mol. The molecule has 0 fully saturated rings. The van der Waals surface area contributed by atoms with Crippen LogP contribution in [0.15, 0.2) is 236 Å². The first-order chi connectivity index (χ1) is 30.6. The van der Waals surface area contributed by atoms with Gasteiger partial charge >= 0.3 is 0 Å². The fraction of sp³-hybridized carbons (Fsp3) is 0. The van der Waals surface area contributed by atoms with Crippen LogP contribution in [0.2, 0.25) is 0 Å². The predicted octanol–water partition coefficient (Wildman–Crippen LogP) is 15.5. The summed E-state index contributed by atoms with van der Waals surface area (Å²) in [6.07, 6.45) is 0. The molecule has 0 saturated carbocycles. The normalized spacial score (nSPS) is 14.9. The van der Waals surface area contributed by atoms with Crippen molar-refractivity contribution in [3.8, 4) is 50.2 Å². The molecule has 0 bridgehead atoms. The Morgan fingerprint density at radius 2 is 0.968 bits per heavy atom. The summed E-state index contributed by atoms with van der Waals surface area (Å²) in [5.74, 6) is 0. The van der Waals surface area contributed by atoms with E-state index in [1.807, 2.05) is 24.3 Å². The Labute approximate surface area is 357 Å². The highest BCUT2D eigenvalue weighted by Gasteiger charge is 2.57. The first-order valence-electron chi connectivity index (χ1n) is 21.2. The lowest BCUT2D eigenvalue weighted by atomic mass is 9.86. The van der Waals surface area contributed by atoms with Crippen molar-refractivity contribution in [1.29, 1.82) is 0 Å². The molecule has 2 aliphatic heterocycles. The second kappa shape index (κ2) is 11.9. The van der Waals surface area contributed by atoms with Crippen molar-refractivity contribution in [3.63, 3.8) is 0 Å². The number of hydrogen-bond donors (Lipinski definition) is 0. The molecule has 2 aliphatic rings. The summed E-state index contributed by atoms with van der Waals surface area (Å²) in [5.41, 5.74) is 13.5. The zero-order chi connectivity index (χ0) is 40.8. The maximum atomic E-state index is 17.2. The lowest BCUT2D eigenvalue weighted by Crippen LogP contribution is -2.29. The SMILES string of the molecule is O=S12(c3ccccc3-c3ccccc31)c1ccccc1-c1cc(-c3c(-c4c5oc6ccccc6c5cc5c4c4ccccc4n5-c4ccccc4)ccc4ccccc34)ccc12. The van der Waals surface area contributed by atoms with Crippen LogP contribution in [0, 0.1) is 0 Å². The van der Waals surface area contributed by atoms with Crippen molar-refractivity contribution in [2.24, 2.45) is 0 Å². The van der Waals surface area contributed by atoms with Crippen molar-refractivity contribution < 1.29 is 8.63 Å². The van der Waals surface area contributed by atoms with Gasteiger partial charge in [-0.2, -0.15) is 0 Å². The van der Waals surface area contributed by atoms with Crippen LogP contribution in [0.3, 0.4) is 0 Å². The smallest absolute Gasteiger partial charge is 0.144 e. The third-order valence-corrected chi connectivity index (χ3v) is 18.5. The van der Waals surface area contributed by atoms with E-state index in [0.29, 0.717) is 0 Å². The standard InChI is InChI=1S/C58H35NO2S/c60-62(51-27-13-8-21-41(51)42-22-9-14-28-52(42)62)53-29-15-10-23-43(53)46-34-37(31-33-54(46)62)55-39-19-5-4-16-36(39)30-32-45(55)57-56-44-24-6-11-25-48(44)59(38-17-2-1-3-18-38)49(56)35-47-40-20-7-12-26-50(40)61-58(47)57/h1-35H. The second-order valence-electron chi connectivity index (χ2n) is 16.7. The lowest BCUT2D eigenvalue weighted by molar-refractivity contribution is 0.658. The van der Waals surface area contributed by atoms with E-state index >= 15 is 4.21 Å². The Kier molecular flexibility index (Phi) is 6.54. The van der Waals surface area contributed by atoms with E-state index in [1.165, 1.54) is 0 Å². The largest absolute Gasteiger partial charge is 0.455 e. The number of furan rings is 1. The molecule has 62 heavy (non-hydrogen) atoms. The van der Waals surface area contributed by atoms with Gasteiger partial charge < -0.3 is 8.98 Å². The topological polar surface area (TPSA) is 35.1 Å². The number of para-hydroxylation sites is 3. The first-order valence-corrected chi connectivity index (χ1v) is 23.1. The molecule has 290 valence electrons. The third kappa shape index (κ3) is 4.03. The molecule has 3 nitrogen and oxygen atoms in total. The van der Waals surface area contributed by atoms with E-state index in [-0.39, 0.29) is 0 Å². The van der Waals surface area contributed by atoms with E-state index in [0.717, 1.165) is 124 Å². The van der Waals surface area contributed by atoms with Crippen LogP contribution in [-0.2, 0) is 9.07 Å². The Morgan fingerprint density at radius 3 is 1.71 bits per heavy atom. The third-order valence-electron chi connectivity index (χ3n) is 13.7. The van der Waals surface area contributed by atoms with E-state index in [1.54, 1.807) is 0 Å². The van der Waals surface area contributed by atoms with Gasteiger partial charge in [0.25, 0.3) is 0 Å². The molecular formula is C58H35NO2S. The first kappa shape index (κ1) is 34.0. The maximum absolute atomic E-state index is 17.2. The summed E-state index contributed by atoms with van der Waals surface area (Å²) in [6.45, 7) is 0. The van der Waals surface area contributed by atoms with Crippen LogP contribution in [0.5, 0.6) is 0 Å². The number of benzene rings is 10. The zero-order valence-corrected chi connectivity index (χ0v) is 34.2. The van der Waals surface area contributed by atoms with Gasteiger partial charge in [0.05, 0.1) is 11.0 Å². The molecule has 12 aromatic rings. The monoisotopic (exact) mass is 809 g/mol.